The van der Waals surface area contributed by atoms with Gasteiger partial charge in [-0.1, -0.05) is 37.5 Å². The summed E-state index contributed by atoms with van der Waals surface area (Å²) in [6.45, 7) is 1.38. The van der Waals surface area contributed by atoms with Crippen molar-refractivity contribution in [3.63, 3.8) is 0 Å². The zero-order valence-corrected chi connectivity index (χ0v) is 16.7. The molecule has 4 rings (SSSR count). The van der Waals surface area contributed by atoms with Gasteiger partial charge in [0, 0.05) is 25.0 Å². The van der Waals surface area contributed by atoms with Gasteiger partial charge in [-0.3, -0.25) is 9.78 Å². The van der Waals surface area contributed by atoms with Crippen molar-refractivity contribution in [1.82, 2.24) is 9.88 Å². The summed E-state index contributed by atoms with van der Waals surface area (Å²) in [6.07, 6.45) is 9.09. The number of rotatable bonds is 7. The van der Waals surface area contributed by atoms with Gasteiger partial charge in [0.15, 0.2) is 17.6 Å². The molecule has 6 nitrogen and oxygen atoms in total. The van der Waals surface area contributed by atoms with Gasteiger partial charge in [0.2, 0.25) is 5.91 Å². The number of aromatic nitrogens is 1. The first kappa shape index (κ1) is 19.7. The predicted molar refractivity (Wildman–Crippen MR) is 109 cm³/mol. The monoisotopic (exact) mass is 396 g/mol. The first-order valence-electron chi connectivity index (χ1n) is 10.4. The molecule has 0 bridgehead atoms. The molecule has 1 aromatic heterocycles. The van der Waals surface area contributed by atoms with Crippen LogP contribution in [-0.4, -0.2) is 47.8 Å². The average molecular weight is 396 g/mol. The number of carbonyl (C=O) groups is 1. The minimum atomic E-state index is -0.209. The van der Waals surface area contributed by atoms with Crippen molar-refractivity contribution >= 4 is 5.91 Å². The Kier molecular flexibility index (Phi) is 6.62. The van der Waals surface area contributed by atoms with Crippen LogP contribution in [0.4, 0.5) is 0 Å². The van der Waals surface area contributed by atoms with E-state index in [4.69, 9.17) is 14.2 Å². The maximum absolute atomic E-state index is 13.0. The van der Waals surface area contributed by atoms with Gasteiger partial charge in [-0.25, -0.2) is 0 Å². The third-order valence-electron chi connectivity index (χ3n) is 5.51. The molecule has 1 fully saturated rings. The van der Waals surface area contributed by atoms with Crippen LogP contribution in [0.1, 0.15) is 37.7 Å². The van der Waals surface area contributed by atoms with Gasteiger partial charge in [-0.15, -0.1) is 0 Å². The fraction of sp³-hybridized carbons (Fsp3) is 0.478. The fourth-order valence-electron chi connectivity index (χ4n) is 4.01. The molecule has 1 amide bonds. The van der Waals surface area contributed by atoms with E-state index in [1.807, 2.05) is 47.5 Å². The molecule has 2 aromatic rings. The summed E-state index contributed by atoms with van der Waals surface area (Å²) >= 11 is 0. The maximum Gasteiger partial charge on any atom is 0.249 e. The molecule has 1 aromatic carbocycles. The lowest BCUT2D eigenvalue weighted by Crippen LogP contribution is -2.43. The number of benzene rings is 1. The molecule has 2 heterocycles. The van der Waals surface area contributed by atoms with E-state index in [0.29, 0.717) is 19.8 Å². The van der Waals surface area contributed by atoms with Gasteiger partial charge in [-0.2, -0.15) is 0 Å². The van der Waals surface area contributed by atoms with E-state index in [0.717, 1.165) is 29.9 Å². The molecule has 1 aliphatic carbocycles. The van der Waals surface area contributed by atoms with Crippen molar-refractivity contribution in [3.8, 4) is 11.5 Å². The molecule has 1 atom stereocenters. The second-order valence-corrected chi connectivity index (χ2v) is 7.69. The predicted octanol–water partition coefficient (Wildman–Crippen LogP) is 3.60. The van der Waals surface area contributed by atoms with Gasteiger partial charge in [0.1, 0.15) is 13.2 Å². The Morgan fingerprint density at radius 3 is 2.72 bits per heavy atom. The number of hydrogen-bond acceptors (Lipinski definition) is 5. The maximum atomic E-state index is 13.0. The highest BCUT2D eigenvalue weighted by Crippen LogP contribution is 2.31. The summed E-state index contributed by atoms with van der Waals surface area (Å²) < 4.78 is 17.4. The van der Waals surface area contributed by atoms with Crippen LogP contribution in [0.2, 0.25) is 0 Å². The van der Waals surface area contributed by atoms with Crippen LogP contribution in [0.15, 0.2) is 48.8 Å². The van der Waals surface area contributed by atoms with E-state index in [1.54, 1.807) is 6.20 Å². The van der Waals surface area contributed by atoms with E-state index in [-0.39, 0.29) is 24.7 Å². The average Bonchev–Trinajstić information content (AvgIpc) is 2.78. The Balaban J connectivity index is 1.31. The zero-order chi connectivity index (χ0) is 19.9. The second-order valence-electron chi connectivity index (χ2n) is 7.69. The highest BCUT2D eigenvalue weighted by Gasteiger charge is 2.27. The number of fused-ring (bicyclic) bond motifs is 1. The summed E-state index contributed by atoms with van der Waals surface area (Å²) in [5.74, 6) is 1.50. The molecule has 0 radical (unpaired) electrons. The number of hydrogen-bond donors (Lipinski definition) is 0. The summed E-state index contributed by atoms with van der Waals surface area (Å²) in [5, 5.41) is 0. The summed E-state index contributed by atoms with van der Waals surface area (Å²) in [6, 6.07) is 11.8. The number of pyridine rings is 1. The quantitative estimate of drug-likeness (QED) is 0.716. The van der Waals surface area contributed by atoms with Crippen LogP contribution in [0.3, 0.4) is 0 Å². The zero-order valence-electron chi connectivity index (χ0n) is 16.7. The van der Waals surface area contributed by atoms with E-state index >= 15 is 0 Å². The Bertz CT molecular complexity index is 792. The van der Waals surface area contributed by atoms with Crippen LogP contribution >= 0.6 is 0 Å². The Morgan fingerprint density at radius 1 is 1.10 bits per heavy atom. The van der Waals surface area contributed by atoms with Crippen molar-refractivity contribution in [2.75, 3.05) is 19.8 Å². The number of ether oxygens (including phenoxy) is 3. The lowest BCUT2D eigenvalue weighted by molar-refractivity contribution is -0.141. The molecule has 2 aliphatic rings. The van der Waals surface area contributed by atoms with Crippen LogP contribution < -0.4 is 9.47 Å². The fourth-order valence-corrected chi connectivity index (χ4v) is 4.01. The van der Waals surface area contributed by atoms with Gasteiger partial charge >= 0.3 is 0 Å². The topological polar surface area (TPSA) is 60.9 Å². The molecule has 0 unspecified atom stereocenters. The third-order valence-corrected chi connectivity index (χ3v) is 5.51. The smallest absolute Gasteiger partial charge is 0.249 e. The molecular weight excluding hydrogens is 368 g/mol. The summed E-state index contributed by atoms with van der Waals surface area (Å²) in [5.41, 5.74) is 1.05. The van der Waals surface area contributed by atoms with Crippen molar-refractivity contribution < 1.29 is 19.0 Å². The molecule has 6 heteroatoms. The largest absolute Gasteiger partial charge is 0.486 e. The summed E-state index contributed by atoms with van der Waals surface area (Å²) in [4.78, 5) is 19.2. The lowest BCUT2D eigenvalue weighted by atomic mass is 9.94. The Hall–Kier alpha value is -2.60. The van der Waals surface area contributed by atoms with Crippen molar-refractivity contribution in [3.05, 3.63) is 54.4 Å². The minimum absolute atomic E-state index is 0.0258. The number of nitrogens with zero attached hydrogens (tertiary/aromatic N) is 2. The first-order valence-corrected chi connectivity index (χ1v) is 10.4. The highest BCUT2D eigenvalue weighted by molar-refractivity contribution is 5.77. The van der Waals surface area contributed by atoms with E-state index in [2.05, 4.69) is 4.98 Å². The van der Waals surface area contributed by atoms with Crippen LogP contribution in [0, 0.1) is 0 Å². The molecule has 0 saturated heterocycles. The van der Waals surface area contributed by atoms with E-state index in [9.17, 15) is 4.79 Å². The molecule has 1 aliphatic heterocycles. The normalized spacial score (nSPS) is 19.0. The summed E-state index contributed by atoms with van der Waals surface area (Å²) in [7, 11) is 0. The van der Waals surface area contributed by atoms with Crippen molar-refractivity contribution in [2.45, 2.75) is 50.8 Å². The van der Waals surface area contributed by atoms with Crippen LogP contribution in [0.25, 0.3) is 0 Å². The van der Waals surface area contributed by atoms with Gasteiger partial charge < -0.3 is 19.1 Å². The third kappa shape index (κ3) is 5.26. The van der Waals surface area contributed by atoms with Crippen molar-refractivity contribution in [2.24, 2.45) is 0 Å². The first-order chi connectivity index (χ1) is 14.3. The molecular formula is C23H28N2O4. The molecule has 1 saturated carbocycles. The van der Waals surface area contributed by atoms with Crippen molar-refractivity contribution in [1.29, 1.82) is 0 Å². The van der Waals surface area contributed by atoms with Gasteiger partial charge in [0.05, 0.1) is 6.61 Å². The highest BCUT2D eigenvalue weighted by atomic mass is 16.6. The van der Waals surface area contributed by atoms with Gasteiger partial charge in [-0.05, 0) is 36.6 Å². The number of para-hydroxylation sites is 2. The number of carbonyl (C=O) groups excluding carboxylic acids is 1. The minimum Gasteiger partial charge on any atom is -0.486 e. The Morgan fingerprint density at radius 2 is 1.93 bits per heavy atom. The molecule has 0 spiro atoms. The van der Waals surface area contributed by atoms with Crippen LogP contribution in [-0.2, 0) is 16.1 Å². The molecule has 29 heavy (non-hydrogen) atoms. The molecule has 154 valence electrons. The van der Waals surface area contributed by atoms with Crippen LogP contribution in [0.5, 0.6) is 11.5 Å². The van der Waals surface area contributed by atoms with E-state index in [1.165, 1.54) is 19.3 Å². The standard InChI is InChI=1S/C23H28N2O4/c26-23(17-27-15-20-16-28-21-10-4-5-11-22(21)29-20)25(19-8-2-1-3-9-19)14-18-7-6-12-24-13-18/h4-7,10-13,19-20H,1-3,8-9,14-17H2/t20-/m1/s1. The molecule has 0 N–H and O–H groups in total. The van der Waals surface area contributed by atoms with Gasteiger partial charge in [0.25, 0.3) is 0 Å². The SMILES string of the molecule is O=C(COC[C@@H]1COc2ccccc2O1)N(Cc1cccnc1)C1CCCCC1. The number of amides is 1. The second kappa shape index (κ2) is 9.74. The lowest BCUT2D eigenvalue weighted by Gasteiger charge is -2.34. The Labute approximate surface area is 171 Å². The van der Waals surface area contributed by atoms with E-state index < -0.39 is 0 Å².